The Bertz CT molecular complexity index is 139. The molecular formula is C11H20. The van der Waals surface area contributed by atoms with Gasteiger partial charge in [-0.05, 0) is 36.5 Å². The normalized spacial score (nSPS) is 50.7. The van der Waals surface area contributed by atoms with E-state index in [2.05, 4.69) is 13.8 Å². The van der Waals surface area contributed by atoms with Gasteiger partial charge in [0.15, 0.2) is 0 Å². The number of hydrogen-bond donors (Lipinski definition) is 0. The molecule has 0 nitrogen and oxygen atoms in total. The van der Waals surface area contributed by atoms with Crippen LogP contribution in [0.5, 0.6) is 0 Å². The highest BCUT2D eigenvalue weighted by Crippen LogP contribution is 2.48. The molecule has 2 rings (SSSR count). The van der Waals surface area contributed by atoms with Crippen molar-refractivity contribution in [2.45, 2.75) is 46.0 Å². The molecular weight excluding hydrogens is 132 g/mol. The fraction of sp³-hybridized carbons (Fsp3) is 1.00. The van der Waals surface area contributed by atoms with Gasteiger partial charge in [-0.2, -0.15) is 0 Å². The molecule has 11 heavy (non-hydrogen) atoms. The van der Waals surface area contributed by atoms with Crippen LogP contribution in [0.15, 0.2) is 0 Å². The van der Waals surface area contributed by atoms with Crippen LogP contribution >= 0.6 is 0 Å². The summed E-state index contributed by atoms with van der Waals surface area (Å²) < 4.78 is 0. The first-order chi connectivity index (χ1) is 5.29. The van der Waals surface area contributed by atoms with Crippen LogP contribution in [0.4, 0.5) is 0 Å². The van der Waals surface area contributed by atoms with Crippen LogP contribution in [-0.2, 0) is 0 Å². The highest BCUT2D eigenvalue weighted by molar-refractivity contribution is 4.88. The highest BCUT2D eigenvalue weighted by atomic mass is 14.4. The van der Waals surface area contributed by atoms with E-state index in [1.807, 2.05) is 0 Å². The molecule has 0 aliphatic heterocycles. The van der Waals surface area contributed by atoms with Gasteiger partial charge in [-0.3, -0.25) is 0 Å². The Hall–Kier alpha value is 0. The van der Waals surface area contributed by atoms with Crippen LogP contribution in [-0.4, -0.2) is 0 Å². The van der Waals surface area contributed by atoms with E-state index in [1.54, 1.807) is 6.42 Å². The third kappa shape index (κ3) is 1.21. The molecule has 0 aromatic rings. The Morgan fingerprint density at radius 3 is 2.45 bits per heavy atom. The molecule has 2 aliphatic carbocycles. The van der Waals surface area contributed by atoms with Crippen LogP contribution < -0.4 is 0 Å². The van der Waals surface area contributed by atoms with Crippen LogP contribution in [0.2, 0.25) is 0 Å². The molecule has 0 saturated heterocycles. The Kier molecular flexibility index (Phi) is 1.95. The van der Waals surface area contributed by atoms with Gasteiger partial charge in [0, 0.05) is 0 Å². The quantitative estimate of drug-likeness (QED) is 0.498. The van der Waals surface area contributed by atoms with Crippen molar-refractivity contribution < 1.29 is 0 Å². The van der Waals surface area contributed by atoms with Crippen LogP contribution in [0.25, 0.3) is 0 Å². The van der Waals surface area contributed by atoms with E-state index in [1.165, 1.54) is 25.7 Å². The van der Waals surface area contributed by atoms with E-state index in [4.69, 9.17) is 0 Å². The molecule has 0 heterocycles. The van der Waals surface area contributed by atoms with Crippen LogP contribution in [0.3, 0.4) is 0 Å². The summed E-state index contributed by atoms with van der Waals surface area (Å²) in [6.45, 7) is 4.92. The van der Waals surface area contributed by atoms with E-state index in [0.717, 1.165) is 23.7 Å². The zero-order valence-electron chi connectivity index (χ0n) is 7.84. The minimum Gasteiger partial charge on any atom is -0.0622 e. The molecule has 0 amide bonds. The average molecular weight is 152 g/mol. The van der Waals surface area contributed by atoms with Gasteiger partial charge in [-0.25, -0.2) is 0 Å². The maximum absolute atomic E-state index is 2.47. The Morgan fingerprint density at radius 1 is 1.00 bits per heavy atom. The first kappa shape index (κ1) is 7.64. The zero-order valence-corrected chi connectivity index (χ0v) is 7.84. The molecule has 0 heteroatoms. The van der Waals surface area contributed by atoms with Crippen molar-refractivity contribution in [2.75, 3.05) is 0 Å². The van der Waals surface area contributed by atoms with Gasteiger partial charge in [-0.1, -0.05) is 33.1 Å². The lowest BCUT2D eigenvalue weighted by molar-refractivity contribution is 0.232. The summed E-state index contributed by atoms with van der Waals surface area (Å²) >= 11 is 0. The largest absolute Gasteiger partial charge is 0.0622 e. The first-order valence-electron chi connectivity index (χ1n) is 5.29. The number of fused-ring (bicyclic) bond motifs is 1. The lowest BCUT2D eigenvalue weighted by Crippen LogP contribution is -2.17. The predicted molar refractivity (Wildman–Crippen MR) is 48.4 cm³/mol. The molecule has 2 aliphatic rings. The molecule has 64 valence electrons. The van der Waals surface area contributed by atoms with E-state index < -0.39 is 0 Å². The molecule has 0 spiro atoms. The fourth-order valence-electron chi connectivity index (χ4n) is 3.34. The van der Waals surface area contributed by atoms with Crippen LogP contribution in [0, 0.1) is 23.7 Å². The van der Waals surface area contributed by atoms with Gasteiger partial charge in [0.1, 0.15) is 0 Å². The molecule has 2 saturated carbocycles. The summed E-state index contributed by atoms with van der Waals surface area (Å²) in [7, 11) is 0. The van der Waals surface area contributed by atoms with Gasteiger partial charge in [0.05, 0.1) is 0 Å². The zero-order chi connectivity index (χ0) is 7.84. The van der Waals surface area contributed by atoms with Crippen LogP contribution in [0.1, 0.15) is 46.0 Å². The summed E-state index contributed by atoms with van der Waals surface area (Å²) in [5, 5.41) is 0. The average Bonchev–Trinajstić information content (AvgIpc) is 2.30. The predicted octanol–water partition coefficient (Wildman–Crippen LogP) is 3.47. The second-order valence-corrected chi connectivity index (χ2v) is 4.78. The highest BCUT2D eigenvalue weighted by Gasteiger charge is 2.38. The van der Waals surface area contributed by atoms with Gasteiger partial charge in [0.2, 0.25) is 0 Å². The topological polar surface area (TPSA) is 0 Å². The van der Waals surface area contributed by atoms with Crippen molar-refractivity contribution in [2.24, 2.45) is 23.7 Å². The van der Waals surface area contributed by atoms with Gasteiger partial charge >= 0.3 is 0 Å². The number of hydrogen-bond acceptors (Lipinski definition) is 0. The molecule has 0 aromatic heterocycles. The number of rotatable bonds is 0. The van der Waals surface area contributed by atoms with Crippen molar-refractivity contribution in [3.05, 3.63) is 0 Å². The lowest BCUT2D eigenvalue weighted by atomic mass is 9.78. The Balaban J connectivity index is 2.05. The molecule has 0 unspecified atom stereocenters. The van der Waals surface area contributed by atoms with Gasteiger partial charge in [0.25, 0.3) is 0 Å². The third-order valence-electron chi connectivity index (χ3n) is 4.22. The standard InChI is InChI=1S/C11H20/c1-8-7-10-5-3-4-6-11(10)9(8)2/h8-11H,3-7H2,1-2H3/t8-,9-,10+,11-/m0/s1. The van der Waals surface area contributed by atoms with Gasteiger partial charge < -0.3 is 0 Å². The Morgan fingerprint density at radius 2 is 1.73 bits per heavy atom. The second-order valence-electron chi connectivity index (χ2n) is 4.78. The van der Waals surface area contributed by atoms with Crippen molar-refractivity contribution in [3.8, 4) is 0 Å². The van der Waals surface area contributed by atoms with Crippen molar-refractivity contribution >= 4 is 0 Å². The summed E-state index contributed by atoms with van der Waals surface area (Å²) in [6.07, 6.45) is 7.64. The minimum atomic E-state index is 1.02. The molecule has 0 radical (unpaired) electrons. The first-order valence-corrected chi connectivity index (χ1v) is 5.29. The Labute approximate surface area is 70.4 Å². The summed E-state index contributed by atoms with van der Waals surface area (Å²) in [5.74, 6) is 4.27. The molecule has 2 fully saturated rings. The molecule has 0 bridgehead atoms. The van der Waals surface area contributed by atoms with Gasteiger partial charge in [-0.15, -0.1) is 0 Å². The maximum atomic E-state index is 2.47. The summed E-state index contributed by atoms with van der Waals surface area (Å²) in [6, 6.07) is 0. The SMILES string of the molecule is C[C@@H]1[C@@H]2CCCC[C@@H]2C[C@@H]1C. The second kappa shape index (κ2) is 2.80. The van der Waals surface area contributed by atoms with E-state index in [9.17, 15) is 0 Å². The lowest BCUT2D eigenvalue weighted by Gasteiger charge is -2.27. The summed E-state index contributed by atoms with van der Waals surface area (Å²) in [4.78, 5) is 0. The monoisotopic (exact) mass is 152 g/mol. The molecule has 0 aromatic carbocycles. The minimum absolute atomic E-state index is 1.02. The molecule has 0 N–H and O–H groups in total. The van der Waals surface area contributed by atoms with E-state index >= 15 is 0 Å². The van der Waals surface area contributed by atoms with Crippen molar-refractivity contribution in [1.82, 2.24) is 0 Å². The van der Waals surface area contributed by atoms with Crippen molar-refractivity contribution in [3.63, 3.8) is 0 Å². The smallest absolute Gasteiger partial charge is 0.0357 e. The van der Waals surface area contributed by atoms with E-state index in [0.29, 0.717) is 0 Å². The molecule has 4 atom stereocenters. The third-order valence-corrected chi connectivity index (χ3v) is 4.22. The van der Waals surface area contributed by atoms with Crippen molar-refractivity contribution in [1.29, 1.82) is 0 Å². The van der Waals surface area contributed by atoms with E-state index in [-0.39, 0.29) is 0 Å². The summed E-state index contributed by atoms with van der Waals surface area (Å²) in [5.41, 5.74) is 0. The fourth-order valence-corrected chi connectivity index (χ4v) is 3.34. The maximum Gasteiger partial charge on any atom is -0.0357 e.